The first-order valence-corrected chi connectivity index (χ1v) is 2.47. The third-order valence-electron chi connectivity index (χ3n) is 1.04. The highest BCUT2D eigenvalue weighted by molar-refractivity contribution is 5.22. The van der Waals surface area contributed by atoms with Crippen molar-refractivity contribution in [2.45, 2.75) is 6.92 Å². The zero-order valence-corrected chi connectivity index (χ0v) is 5.09. The maximum absolute atomic E-state index is 12.5. The van der Waals surface area contributed by atoms with Crippen LogP contribution in [0.3, 0.4) is 0 Å². The summed E-state index contributed by atoms with van der Waals surface area (Å²) in [5.74, 6) is -1.58. The molecule has 1 aromatic heterocycles. The van der Waals surface area contributed by atoms with E-state index < -0.39 is 16.6 Å². The molecule has 0 saturated heterocycles. The van der Waals surface area contributed by atoms with Crippen molar-refractivity contribution in [3.05, 3.63) is 21.6 Å². The molecule has 0 aliphatic carbocycles. The molecule has 1 aromatic rings. The van der Waals surface area contributed by atoms with E-state index in [0.29, 0.717) is 0 Å². The molecule has 54 valence electrons. The van der Waals surface area contributed by atoms with Gasteiger partial charge in [0.2, 0.25) is 5.82 Å². The maximum Gasteiger partial charge on any atom is 0.379 e. The number of hydrogen-bond donors (Lipinski definition) is 1. The zero-order valence-electron chi connectivity index (χ0n) is 5.09. The van der Waals surface area contributed by atoms with E-state index in [1.54, 1.807) is 0 Å². The minimum absolute atomic E-state index is 0.00620. The van der Waals surface area contributed by atoms with Crippen molar-refractivity contribution in [2.75, 3.05) is 0 Å². The van der Waals surface area contributed by atoms with Crippen LogP contribution in [0.4, 0.5) is 10.2 Å². The largest absolute Gasteiger partial charge is 0.379 e. The van der Waals surface area contributed by atoms with Gasteiger partial charge in [-0.2, -0.15) is 4.39 Å². The lowest BCUT2D eigenvalue weighted by molar-refractivity contribution is -0.392. The van der Waals surface area contributed by atoms with E-state index in [2.05, 4.69) is 5.10 Å². The van der Waals surface area contributed by atoms with Gasteiger partial charge in [-0.1, -0.05) is 5.10 Å². The minimum Gasteiger partial charge on any atom is -0.358 e. The third-order valence-corrected chi connectivity index (χ3v) is 1.04. The predicted octanol–water partition coefficient (Wildman–Crippen LogP) is 0.765. The van der Waals surface area contributed by atoms with Gasteiger partial charge in [-0.05, 0) is 11.8 Å². The van der Waals surface area contributed by atoms with Crippen LogP contribution in [-0.2, 0) is 0 Å². The molecule has 0 aliphatic rings. The fourth-order valence-corrected chi connectivity index (χ4v) is 0.527. The smallest absolute Gasteiger partial charge is 0.358 e. The molecule has 0 aromatic carbocycles. The summed E-state index contributed by atoms with van der Waals surface area (Å²) in [7, 11) is 0. The van der Waals surface area contributed by atoms with Crippen LogP contribution in [0.15, 0.2) is 0 Å². The molecular weight excluding hydrogens is 141 g/mol. The molecule has 1 N–H and O–H groups in total. The van der Waals surface area contributed by atoms with Gasteiger partial charge in [0.15, 0.2) is 0 Å². The summed E-state index contributed by atoms with van der Waals surface area (Å²) in [6, 6.07) is 0. The highest BCUT2D eigenvalue weighted by atomic mass is 19.1. The number of halogens is 1. The highest BCUT2D eigenvalue weighted by Gasteiger charge is 2.17. The van der Waals surface area contributed by atoms with Crippen molar-refractivity contribution in [3.8, 4) is 0 Å². The first-order chi connectivity index (χ1) is 4.63. The number of nitrogens with one attached hydrogen (secondary N) is 1. The van der Waals surface area contributed by atoms with E-state index in [9.17, 15) is 14.5 Å². The monoisotopic (exact) mass is 145 g/mol. The number of H-pyrrole nitrogens is 1. The SMILES string of the molecule is Cc1n[nH]c([N+](=O)[O-])c1F. The summed E-state index contributed by atoms with van der Waals surface area (Å²) in [4.78, 5) is 9.08. The average molecular weight is 145 g/mol. The molecule has 0 aliphatic heterocycles. The van der Waals surface area contributed by atoms with Crippen molar-refractivity contribution >= 4 is 5.82 Å². The summed E-state index contributed by atoms with van der Waals surface area (Å²) in [5.41, 5.74) is 0.00620. The number of nitro groups is 1. The van der Waals surface area contributed by atoms with E-state index in [4.69, 9.17) is 0 Å². The van der Waals surface area contributed by atoms with Crippen LogP contribution in [0.5, 0.6) is 0 Å². The number of aromatic amines is 1. The quantitative estimate of drug-likeness (QED) is 0.468. The van der Waals surface area contributed by atoms with Crippen LogP contribution in [-0.4, -0.2) is 15.1 Å². The van der Waals surface area contributed by atoms with Gasteiger partial charge in [0.05, 0.1) is 0 Å². The standard InChI is InChI=1S/C4H4FN3O2/c1-2-3(5)4(7-6-2)8(9)10/h1H3,(H,6,7). The Morgan fingerprint density at radius 3 is 2.60 bits per heavy atom. The Morgan fingerprint density at radius 2 is 2.40 bits per heavy atom. The Balaban J connectivity index is 3.17. The Labute approximate surface area is 55.0 Å². The fraction of sp³-hybridized carbons (Fsp3) is 0.250. The molecule has 0 unspecified atom stereocenters. The van der Waals surface area contributed by atoms with Gasteiger partial charge >= 0.3 is 5.82 Å². The maximum atomic E-state index is 12.5. The van der Waals surface area contributed by atoms with E-state index in [-0.39, 0.29) is 5.69 Å². The molecule has 0 atom stereocenters. The van der Waals surface area contributed by atoms with Gasteiger partial charge in [0.25, 0.3) is 0 Å². The average Bonchev–Trinajstić information content (AvgIpc) is 2.14. The molecule has 0 fully saturated rings. The van der Waals surface area contributed by atoms with Crippen molar-refractivity contribution < 1.29 is 9.31 Å². The number of aryl methyl sites for hydroxylation is 1. The molecular formula is C4H4FN3O2. The summed E-state index contributed by atoms with van der Waals surface area (Å²) >= 11 is 0. The Bertz CT molecular complexity index is 269. The molecule has 6 heteroatoms. The van der Waals surface area contributed by atoms with E-state index in [1.165, 1.54) is 6.92 Å². The summed E-state index contributed by atoms with van der Waals surface area (Å²) < 4.78 is 12.5. The lowest BCUT2D eigenvalue weighted by Gasteiger charge is -1.86. The Hall–Kier alpha value is -1.46. The topological polar surface area (TPSA) is 71.8 Å². The van der Waals surface area contributed by atoms with Gasteiger partial charge in [0.1, 0.15) is 5.69 Å². The second kappa shape index (κ2) is 2.05. The molecule has 0 spiro atoms. The van der Waals surface area contributed by atoms with Gasteiger partial charge in [-0.3, -0.25) is 0 Å². The van der Waals surface area contributed by atoms with Gasteiger partial charge < -0.3 is 10.1 Å². The highest BCUT2D eigenvalue weighted by Crippen LogP contribution is 2.14. The second-order valence-corrected chi connectivity index (χ2v) is 1.73. The Morgan fingerprint density at radius 1 is 1.80 bits per heavy atom. The molecule has 0 saturated carbocycles. The number of aromatic nitrogens is 2. The lowest BCUT2D eigenvalue weighted by atomic mass is 10.4. The number of nitrogens with zero attached hydrogens (tertiary/aromatic N) is 2. The van der Waals surface area contributed by atoms with E-state index in [0.717, 1.165) is 0 Å². The van der Waals surface area contributed by atoms with Crippen molar-refractivity contribution in [1.29, 1.82) is 0 Å². The van der Waals surface area contributed by atoms with E-state index >= 15 is 0 Å². The van der Waals surface area contributed by atoms with Crippen molar-refractivity contribution in [2.24, 2.45) is 0 Å². The number of hydrogen-bond acceptors (Lipinski definition) is 3. The van der Waals surface area contributed by atoms with Gasteiger partial charge in [-0.25, -0.2) is 0 Å². The van der Waals surface area contributed by atoms with Crippen LogP contribution < -0.4 is 0 Å². The Kier molecular flexibility index (Phi) is 1.37. The van der Waals surface area contributed by atoms with Crippen molar-refractivity contribution in [3.63, 3.8) is 0 Å². The normalized spacial score (nSPS) is 9.80. The lowest BCUT2D eigenvalue weighted by Crippen LogP contribution is -1.90. The second-order valence-electron chi connectivity index (χ2n) is 1.73. The zero-order chi connectivity index (χ0) is 7.72. The van der Waals surface area contributed by atoms with Crippen LogP contribution >= 0.6 is 0 Å². The summed E-state index contributed by atoms with van der Waals surface area (Å²) in [6.07, 6.45) is 0. The van der Waals surface area contributed by atoms with Gasteiger partial charge in [0, 0.05) is 0 Å². The van der Waals surface area contributed by atoms with Crippen LogP contribution in [0.1, 0.15) is 5.69 Å². The van der Waals surface area contributed by atoms with Gasteiger partial charge in [-0.15, -0.1) is 5.10 Å². The first kappa shape index (κ1) is 6.66. The molecule has 0 amide bonds. The molecule has 1 rings (SSSR count). The molecule has 0 bridgehead atoms. The molecule has 0 radical (unpaired) electrons. The first-order valence-electron chi connectivity index (χ1n) is 2.47. The van der Waals surface area contributed by atoms with E-state index in [1.807, 2.05) is 5.10 Å². The molecule has 5 nitrogen and oxygen atoms in total. The van der Waals surface area contributed by atoms with Crippen LogP contribution in [0.25, 0.3) is 0 Å². The fourth-order valence-electron chi connectivity index (χ4n) is 0.527. The predicted molar refractivity (Wildman–Crippen MR) is 29.9 cm³/mol. The van der Waals surface area contributed by atoms with Crippen molar-refractivity contribution in [1.82, 2.24) is 10.2 Å². The summed E-state index contributed by atoms with van der Waals surface area (Å²) in [5, 5.41) is 15.2. The minimum atomic E-state index is -0.898. The summed E-state index contributed by atoms with van der Waals surface area (Å²) in [6.45, 7) is 1.35. The third kappa shape index (κ3) is 0.831. The van der Waals surface area contributed by atoms with Crippen LogP contribution in [0.2, 0.25) is 0 Å². The number of rotatable bonds is 1. The van der Waals surface area contributed by atoms with Crippen LogP contribution in [0, 0.1) is 22.9 Å². The molecule has 1 heterocycles. The molecule has 10 heavy (non-hydrogen) atoms.